The van der Waals surface area contributed by atoms with Gasteiger partial charge in [0.1, 0.15) is 0 Å². The van der Waals surface area contributed by atoms with E-state index < -0.39 is 0 Å². The number of nitrogens with zero attached hydrogens (tertiary/aromatic N) is 1. The Hall–Kier alpha value is -0.770. The molecule has 4 nitrogen and oxygen atoms in total. The first kappa shape index (κ1) is 13.2. The lowest BCUT2D eigenvalue weighted by Crippen LogP contribution is -2.49. The van der Waals surface area contributed by atoms with Crippen LogP contribution in [0.15, 0.2) is 0 Å². The van der Waals surface area contributed by atoms with Crippen molar-refractivity contribution in [3.8, 4) is 0 Å². The first-order valence-electron chi connectivity index (χ1n) is 5.33. The Bertz CT molecular complexity index is 167. The summed E-state index contributed by atoms with van der Waals surface area (Å²) >= 11 is 0. The maximum atomic E-state index is 11.5. The summed E-state index contributed by atoms with van der Waals surface area (Å²) in [5.74, 6) is 5.62. The predicted octanol–water partition coefficient (Wildman–Crippen LogP) is 1.72. The molecular weight excluding hydrogens is 178 g/mol. The molecule has 0 heterocycles. The fourth-order valence-corrected chi connectivity index (χ4v) is 1.60. The predicted molar refractivity (Wildman–Crippen MR) is 58.6 cm³/mol. The van der Waals surface area contributed by atoms with Crippen LogP contribution in [0.5, 0.6) is 0 Å². The molecule has 0 aliphatic rings. The molecular formula is C10H23N3O. The van der Waals surface area contributed by atoms with Crippen molar-refractivity contribution in [1.29, 1.82) is 0 Å². The molecule has 3 N–H and O–H groups in total. The van der Waals surface area contributed by atoms with Crippen LogP contribution in [-0.4, -0.2) is 23.5 Å². The summed E-state index contributed by atoms with van der Waals surface area (Å²) in [6.45, 7) is 9.13. The van der Waals surface area contributed by atoms with Gasteiger partial charge in [-0.25, -0.2) is 10.6 Å². The van der Waals surface area contributed by atoms with Crippen LogP contribution in [0.25, 0.3) is 0 Å². The first-order valence-corrected chi connectivity index (χ1v) is 5.33. The molecule has 0 aliphatic carbocycles. The minimum atomic E-state index is -0.174. The third kappa shape index (κ3) is 3.96. The van der Waals surface area contributed by atoms with Gasteiger partial charge in [0.05, 0.1) is 0 Å². The number of urea groups is 1. The highest BCUT2D eigenvalue weighted by atomic mass is 16.2. The highest BCUT2D eigenvalue weighted by Crippen LogP contribution is 2.11. The lowest BCUT2D eigenvalue weighted by atomic mass is 10.1. The zero-order valence-corrected chi connectivity index (χ0v) is 9.71. The molecule has 0 fully saturated rings. The molecule has 0 rings (SSSR count). The van der Waals surface area contributed by atoms with Crippen molar-refractivity contribution in [3.63, 3.8) is 0 Å². The molecule has 4 heteroatoms. The van der Waals surface area contributed by atoms with Gasteiger partial charge >= 0.3 is 6.03 Å². The fourth-order valence-electron chi connectivity index (χ4n) is 1.60. The van der Waals surface area contributed by atoms with Crippen LogP contribution in [0.4, 0.5) is 4.79 Å². The van der Waals surface area contributed by atoms with Gasteiger partial charge in [-0.3, -0.25) is 5.43 Å². The van der Waals surface area contributed by atoms with Gasteiger partial charge in [0.25, 0.3) is 0 Å². The summed E-state index contributed by atoms with van der Waals surface area (Å²) in [7, 11) is 0. The quantitative estimate of drug-likeness (QED) is 0.404. The number of hydrogen-bond acceptors (Lipinski definition) is 2. The Labute approximate surface area is 86.8 Å². The minimum Gasteiger partial charge on any atom is -0.321 e. The number of rotatable bonds is 5. The van der Waals surface area contributed by atoms with Crippen LogP contribution in [0, 0.1) is 5.92 Å². The van der Waals surface area contributed by atoms with Gasteiger partial charge in [-0.15, -0.1) is 0 Å². The summed E-state index contributed by atoms with van der Waals surface area (Å²) in [5.41, 5.74) is 2.21. The van der Waals surface area contributed by atoms with Crippen molar-refractivity contribution in [2.75, 3.05) is 6.54 Å². The third-order valence-electron chi connectivity index (χ3n) is 2.33. The molecule has 0 unspecified atom stereocenters. The largest absolute Gasteiger partial charge is 0.331 e. The molecule has 0 saturated heterocycles. The van der Waals surface area contributed by atoms with Crippen molar-refractivity contribution < 1.29 is 4.79 Å². The smallest absolute Gasteiger partial charge is 0.321 e. The molecule has 0 spiro atoms. The maximum Gasteiger partial charge on any atom is 0.331 e. The van der Waals surface area contributed by atoms with E-state index in [0.29, 0.717) is 12.0 Å². The molecule has 0 aromatic carbocycles. The van der Waals surface area contributed by atoms with Crippen LogP contribution < -0.4 is 11.3 Å². The van der Waals surface area contributed by atoms with E-state index in [4.69, 9.17) is 5.84 Å². The number of amides is 2. The van der Waals surface area contributed by atoms with Crippen molar-refractivity contribution in [3.05, 3.63) is 0 Å². The molecule has 84 valence electrons. The van der Waals surface area contributed by atoms with Gasteiger partial charge < -0.3 is 4.90 Å². The van der Waals surface area contributed by atoms with E-state index in [0.717, 1.165) is 19.4 Å². The molecule has 2 amide bonds. The summed E-state index contributed by atoms with van der Waals surface area (Å²) in [4.78, 5) is 13.3. The van der Waals surface area contributed by atoms with Crippen molar-refractivity contribution in [2.24, 2.45) is 11.8 Å². The number of hydrogen-bond donors (Lipinski definition) is 2. The minimum absolute atomic E-state index is 0.174. The van der Waals surface area contributed by atoms with E-state index in [1.54, 1.807) is 0 Å². The molecule has 0 radical (unpaired) electrons. The molecule has 0 bridgehead atoms. The second kappa shape index (κ2) is 6.65. The summed E-state index contributed by atoms with van der Waals surface area (Å²) in [6.07, 6.45) is 1.94. The van der Waals surface area contributed by atoms with Crippen molar-refractivity contribution in [1.82, 2.24) is 10.3 Å². The number of carbonyl (C=O) groups excluding carboxylic acids is 1. The monoisotopic (exact) mass is 201 g/mol. The van der Waals surface area contributed by atoms with Gasteiger partial charge in [0, 0.05) is 12.6 Å². The molecule has 0 saturated carbocycles. The highest BCUT2D eigenvalue weighted by Gasteiger charge is 2.20. The fraction of sp³-hybridized carbons (Fsp3) is 0.900. The summed E-state index contributed by atoms with van der Waals surface area (Å²) in [5, 5.41) is 0. The number of nitrogens with two attached hydrogens (primary N) is 1. The van der Waals surface area contributed by atoms with Gasteiger partial charge in [-0.05, 0) is 18.8 Å². The van der Waals surface area contributed by atoms with Gasteiger partial charge in [0.2, 0.25) is 0 Å². The zero-order chi connectivity index (χ0) is 11.1. The summed E-state index contributed by atoms with van der Waals surface area (Å²) in [6, 6.07) is 0.119. The van der Waals surface area contributed by atoms with Gasteiger partial charge in [-0.2, -0.15) is 0 Å². The van der Waals surface area contributed by atoms with E-state index in [-0.39, 0.29) is 6.03 Å². The Kier molecular flexibility index (Phi) is 6.28. The zero-order valence-electron chi connectivity index (χ0n) is 9.71. The summed E-state index contributed by atoms with van der Waals surface area (Å²) < 4.78 is 0. The van der Waals surface area contributed by atoms with Crippen LogP contribution >= 0.6 is 0 Å². The van der Waals surface area contributed by atoms with Crippen LogP contribution in [0.2, 0.25) is 0 Å². The van der Waals surface area contributed by atoms with Crippen LogP contribution in [-0.2, 0) is 0 Å². The van der Waals surface area contributed by atoms with E-state index in [2.05, 4.69) is 33.1 Å². The highest BCUT2D eigenvalue weighted by molar-refractivity contribution is 5.73. The normalized spacial score (nSPS) is 10.8. The second-order valence-corrected chi connectivity index (χ2v) is 3.97. The van der Waals surface area contributed by atoms with Crippen molar-refractivity contribution >= 4 is 6.03 Å². The Morgan fingerprint density at radius 3 is 2.14 bits per heavy atom. The van der Waals surface area contributed by atoms with Crippen LogP contribution in [0.3, 0.4) is 0 Å². The van der Waals surface area contributed by atoms with E-state index in [9.17, 15) is 4.79 Å². The first-order chi connectivity index (χ1) is 6.56. The third-order valence-corrected chi connectivity index (χ3v) is 2.33. The molecule has 14 heavy (non-hydrogen) atoms. The number of carbonyl (C=O) groups is 1. The average Bonchev–Trinajstić information content (AvgIpc) is 2.16. The molecule has 0 aliphatic heterocycles. The number of nitrogens with one attached hydrogen (secondary N) is 1. The molecule has 0 aromatic heterocycles. The van der Waals surface area contributed by atoms with Crippen LogP contribution in [0.1, 0.15) is 40.5 Å². The molecule has 0 atom stereocenters. The Balaban J connectivity index is 4.43. The van der Waals surface area contributed by atoms with E-state index in [1.807, 2.05) is 4.90 Å². The SMILES string of the molecule is CCC(CC)N(CC(C)C)C(=O)NN. The second-order valence-electron chi connectivity index (χ2n) is 3.97. The Morgan fingerprint density at radius 2 is 1.86 bits per heavy atom. The lowest BCUT2D eigenvalue weighted by Gasteiger charge is -2.31. The molecule has 0 aromatic rings. The maximum absolute atomic E-state index is 11.5. The van der Waals surface area contributed by atoms with E-state index in [1.165, 1.54) is 0 Å². The topological polar surface area (TPSA) is 58.4 Å². The average molecular weight is 201 g/mol. The van der Waals surface area contributed by atoms with Gasteiger partial charge in [-0.1, -0.05) is 27.7 Å². The standard InChI is InChI=1S/C10H23N3O/c1-5-9(6-2)13(7-8(3)4)10(14)12-11/h8-9H,5-7,11H2,1-4H3,(H,12,14). The number of hydrazine groups is 1. The van der Waals surface area contributed by atoms with E-state index >= 15 is 0 Å². The van der Waals surface area contributed by atoms with Gasteiger partial charge in [0.15, 0.2) is 0 Å². The van der Waals surface area contributed by atoms with Crippen molar-refractivity contribution in [2.45, 2.75) is 46.6 Å². The lowest BCUT2D eigenvalue weighted by molar-refractivity contribution is 0.160. The Morgan fingerprint density at radius 1 is 1.36 bits per heavy atom.